The molecule has 0 fully saturated rings. The number of aliphatic hydroxyl groups is 2. The van der Waals surface area contributed by atoms with Gasteiger partial charge in [-0.2, -0.15) is 0 Å². The van der Waals surface area contributed by atoms with Gasteiger partial charge in [-0.15, -0.1) is 0 Å². The van der Waals surface area contributed by atoms with Crippen molar-refractivity contribution >= 4 is 11.8 Å². The molecule has 0 amide bonds. The largest absolute Gasteiger partial charge is 0.550 e. The van der Waals surface area contributed by atoms with E-state index in [1.165, 1.54) is 12.1 Å². The van der Waals surface area contributed by atoms with Crippen molar-refractivity contribution in [3.63, 3.8) is 0 Å². The number of aliphatic hydroxyl groups excluding tert-OH is 2. The molecule has 2 N–H and O–H groups in total. The van der Waals surface area contributed by atoms with Crippen LogP contribution in [-0.2, 0) is 17.8 Å². The van der Waals surface area contributed by atoms with Gasteiger partial charge in [0.1, 0.15) is 5.82 Å². The molecular weight excluding hydrogens is 521 g/mol. The smallest absolute Gasteiger partial charge is 0.169 e. The number of benzene rings is 3. The second-order valence-electron chi connectivity index (χ2n) is 10.7. The third kappa shape index (κ3) is 7.37. The van der Waals surface area contributed by atoms with Crippen LogP contribution in [0, 0.1) is 5.82 Å². The molecular formula is C34H35FNO5-. The molecule has 2 atom stereocenters. The van der Waals surface area contributed by atoms with Crippen LogP contribution < -0.4 is 5.11 Å². The number of carbonyl (C=O) groups is 2. The first-order valence-corrected chi connectivity index (χ1v) is 13.9. The molecule has 0 saturated carbocycles. The Hall–Kier alpha value is -4.07. The molecule has 0 spiro atoms. The van der Waals surface area contributed by atoms with E-state index >= 15 is 0 Å². The summed E-state index contributed by atoms with van der Waals surface area (Å²) in [7, 11) is 0. The quantitative estimate of drug-likeness (QED) is 0.222. The van der Waals surface area contributed by atoms with Crippen LogP contribution in [0.1, 0.15) is 60.6 Å². The van der Waals surface area contributed by atoms with Gasteiger partial charge < -0.3 is 24.7 Å². The normalized spacial score (nSPS) is 12.8. The number of Topliss-reactive ketones (excluding diaryl/α,β-unsaturated/α-hetero) is 1. The summed E-state index contributed by atoms with van der Waals surface area (Å²) >= 11 is 0. The number of ketones is 1. The van der Waals surface area contributed by atoms with Crippen LogP contribution in [0.25, 0.3) is 22.4 Å². The number of nitrogens with zero attached hydrogens (tertiary/aromatic N) is 1. The Kier molecular flexibility index (Phi) is 9.86. The highest BCUT2D eigenvalue weighted by Gasteiger charge is 2.30. The number of carboxylic acids is 1. The average Bonchev–Trinajstić information content (AvgIpc) is 3.28. The number of rotatable bonds is 13. The van der Waals surface area contributed by atoms with Gasteiger partial charge in [0.25, 0.3) is 0 Å². The lowest BCUT2D eigenvalue weighted by Crippen LogP contribution is -2.29. The molecule has 4 aromatic rings. The van der Waals surface area contributed by atoms with Gasteiger partial charge in [-0.3, -0.25) is 4.79 Å². The molecule has 4 rings (SSSR count). The number of hydrogen-bond acceptors (Lipinski definition) is 5. The first kappa shape index (κ1) is 29.9. The Balaban J connectivity index is 1.89. The van der Waals surface area contributed by atoms with Crippen LogP contribution in [0.4, 0.5) is 4.39 Å². The van der Waals surface area contributed by atoms with Gasteiger partial charge in [0.05, 0.1) is 17.9 Å². The topological polar surface area (TPSA) is 103 Å². The van der Waals surface area contributed by atoms with Crippen LogP contribution >= 0.6 is 0 Å². The van der Waals surface area contributed by atoms with Crippen LogP contribution in [0.5, 0.6) is 0 Å². The first-order chi connectivity index (χ1) is 19.7. The molecule has 1 heterocycles. The predicted molar refractivity (Wildman–Crippen MR) is 155 cm³/mol. The number of hydrogen-bond donors (Lipinski definition) is 2. The van der Waals surface area contributed by atoms with Crippen molar-refractivity contribution < 1.29 is 29.3 Å². The summed E-state index contributed by atoms with van der Waals surface area (Å²) in [5, 5.41) is 31.6. The molecule has 0 saturated heterocycles. The second-order valence-corrected chi connectivity index (χ2v) is 10.7. The van der Waals surface area contributed by atoms with Crippen LogP contribution in [0.2, 0.25) is 0 Å². The van der Waals surface area contributed by atoms with Crippen molar-refractivity contribution in [3.8, 4) is 22.4 Å². The minimum atomic E-state index is -1.38. The second kappa shape index (κ2) is 13.5. The number of aromatic nitrogens is 1. The zero-order chi connectivity index (χ0) is 29.5. The maximum absolute atomic E-state index is 14.2. The van der Waals surface area contributed by atoms with Crippen LogP contribution in [0.15, 0.2) is 84.9 Å². The summed E-state index contributed by atoms with van der Waals surface area (Å²) in [6.45, 7) is 4.31. The minimum absolute atomic E-state index is 0.0502. The SMILES string of the molecule is CC(C)c1c(C(=O)Cc2ccccc2)c(-c2ccccc2)c(-c2ccc(F)cc2)n1CC[C@@H](O)C[C@@H](O)CC(=O)[O-]. The highest BCUT2D eigenvalue weighted by atomic mass is 19.1. The molecule has 3 aromatic carbocycles. The van der Waals surface area contributed by atoms with Crippen molar-refractivity contribution in [2.75, 3.05) is 0 Å². The molecule has 0 aliphatic carbocycles. The van der Waals surface area contributed by atoms with E-state index in [-0.39, 0.29) is 43.3 Å². The fraction of sp³-hybridized carbons (Fsp3) is 0.294. The fourth-order valence-corrected chi connectivity index (χ4v) is 5.40. The number of carbonyl (C=O) groups excluding carboxylic acids is 2. The molecule has 0 unspecified atom stereocenters. The Morgan fingerprint density at radius 1 is 0.854 bits per heavy atom. The minimum Gasteiger partial charge on any atom is -0.550 e. The van der Waals surface area contributed by atoms with Gasteiger partial charge in [0, 0.05) is 42.2 Å². The van der Waals surface area contributed by atoms with Crippen molar-refractivity contribution in [1.29, 1.82) is 0 Å². The summed E-state index contributed by atoms with van der Waals surface area (Å²) in [6, 6.07) is 25.3. The molecule has 6 nitrogen and oxygen atoms in total. The highest BCUT2D eigenvalue weighted by molar-refractivity contribution is 6.08. The van der Waals surface area contributed by atoms with Crippen molar-refractivity contribution in [2.45, 2.75) is 64.2 Å². The lowest BCUT2D eigenvalue weighted by atomic mass is 9.90. The van der Waals surface area contributed by atoms with Gasteiger partial charge in [0.15, 0.2) is 5.78 Å². The van der Waals surface area contributed by atoms with Crippen molar-refractivity contribution in [3.05, 3.63) is 108 Å². The predicted octanol–water partition coefficient (Wildman–Crippen LogP) is 5.15. The molecule has 1 aromatic heterocycles. The molecule has 214 valence electrons. The standard InChI is InChI=1S/C34H36FNO5/c1-22(2)33-32(29(39)19-23-9-5-3-6-10-23)31(24-11-7-4-8-12-24)34(25-13-15-26(35)16-14-25)36(33)18-17-27(37)20-28(38)21-30(40)41/h3-16,22,27-28,37-38H,17-21H2,1-2H3,(H,40,41)/p-1/t27-,28-/m1/s1. The first-order valence-electron chi connectivity index (χ1n) is 13.9. The summed E-state index contributed by atoms with van der Waals surface area (Å²) < 4.78 is 16.0. The summed E-state index contributed by atoms with van der Waals surface area (Å²) in [4.78, 5) is 25.0. The van der Waals surface area contributed by atoms with Crippen molar-refractivity contribution in [1.82, 2.24) is 4.57 Å². The lowest BCUT2D eigenvalue weighted by Gasteiger charge is -2.20. The number of carboxylic acid groups (broad SMARTS) is 1. The van der Waals surface area contributed by atoms with Gasteiger partial charge >= 0.3 is 0 Å². The monoisotopic (exact) mass is 556 g/mol. The van der Waals surface area contributed by atoms with E-state index in [2.05, 4.69) is 0 Å². The van der Waals surface area contributed by atoms with E-state index in [1.54, 1.807) is 12.1 Å². The van der Waals surface area contributed by atoms with E-state index in [0.29, 0.717) is 5.56 Å². The van der Waals surface area contributed by atoms with E-state index in [4.69, 9.17) is 0 Å². The Labute approximate surface area is 239 Å². The summed E-state index contributed by atoms with van der Waals surface area (Å²) in [5.74, 6) is -1.90. The third-order valence-corrected chi connectivity index (χ3v) is 7.15. The fourth-order valence-electron chi connectivity index (χ4n) is 5.40. The molecule has 7 heteroatoms. The van der Waals surface area contributed by atoms with Crippen molar-refractivity contribution in [2.24, 2.45) is 0 Å². The lowest BCUT2D eigenvalue weighted by molar-refractivity contribution is -0.307. The Morgan fingerprint density at radius 3 is 2.05 bits per heavy atom. The van der Waals surface area contributed by atoms with Crippen LogP contribution in [-0.4, -0.2) is 38.7 Å². The number of halogens is 1. The summed E-state index contributed by atoms with van der Waals surface area (Å²) in [6.07, 6.45) is -2.50. The maximum atomic E-state index is 14.2. The molecule has 0 radical (unpaired) electrons. The van der Waals surface area contributed by atoms with E-state index in [9.17, 15) is 29.3 Å². The average molecular weight is 557 g/mol. The zero-order valence-electron chi connectivity index (χ0n) is 23.3. The zero-order valence-corrected chi connectivity index (χ0v) is 23.3. The van der Waals surface area contributed by atoms with E-state index < -0.39 is 24.6 Å². The van der Waals surface area contributed by atoms with Gasteiger partial charge in [0.2, 0.25) is 0 Å². The third-order valence-electron chi connectivity index (χ3n) is 7.15. The number of aliphatic carboxylic acids is 1. The van der Waals surface area contributed by atoms with Gasteiger partial charge in [-0.25, -0.2) is 4.39 Å². The molecule has 0 aliphatic rings. The Morgan fingerprint density at radius 2 is 1.46 bits per heavy atom. The Bertz CT molecular complexity index is 1460. The molecule has 41 heavy (non-hydrogen) atoms. The van der Waals surface area contributed by atoms with Gasteiger partial charge in [-0.05, 0) is 59.7 Å². The molecule has 0 aliphatic heterocycles. The van der Waals surface area contributed by atoms with Gasteiger partial charge in [-0.1, -0.05) is 74.5 Å². The maximum Gasteiger partial charge on any atom is 0.169 e. The molecule has 0 bridgehead atoms. The highest BCUT2D eigenvalue weighted by Crippen LogP contribution is 2.43. The van der Waals surface area contributed by atoms with E-state index in [1.807, 2.05) is 79.1 Å². The van der Waals surface area contributed by atoms with Crippen LogP contribution in [0.3, 0.4) is 0 Å². The summed E-state index contributed by atoms with van der Waals surface area (Å²) in [5.41, 5.74) is 5.31. The van der Waals surface area contributed by atoms with E-state index in [0.717, 1.165) is 33.6 Å².